The van der Waals surface area contributed by atoms with E-state index < -0.39 is 17.5 Å². The summed E-state index contributed by atoms with van der Waals surface area (Å²) in [7, 11) is 0. The molecule has 0 spiro atoms. The molecular weight excluding hydrogens is 327 g/mol. The Hall–Kier alpha value is -1.80. The van der Waals surface area contributed by atoms with E-state index in [4.69, 9.17) is 0 Å². The maximum Gasteiger partial charge on any atom is 0.256 e. The van der Waals surface area contributed by atoms with Gasteiger partial charge in [0.25, 0.3) is 5.56 Å². The Bertz CT molecular complexity index is 809. The monoisotopic (exact) mass is 341 g/mol. The van der Waals surface area contributed by atoms with Gasteiger partial charge in [-0.15, -0.1) is 0 Å². The van der Waals surface area contributed by atoms with Crippen LogP contribution in [0.4, 0.5) is 13.2 Å². The standard InChI is InChI=1S/C15H14F3N3OS/c1-23-15-19-13-2-3-21(7-9(13)14(22)20-15)6-8-4-11(17)12(18)5-10(8)16/h4-5H,2-3,6-7H2,1H3,(H,19,20,22). The molecule has 0 saturated carbocycles. The summed E-state index contributed by atoms with van der Waals surface area (Å²) in [6, 6.07) is 1.40. The molecule has 1 aliphatic heterocycles. The zero-order valence-electron chi connectivity index (χ0n) is 12.3. The maximum atomic E-state index is 13.7. The van der Waals surface area contributed by atoms with E-state index >= 15 is 0 Å². The minimum atomic E-state index is -1.21. The molecule has 0 fully saturated rings. The topological polar surface area (TPSA) is 49.0 Å². The summed E-state index contributed by atoms with van der Waals surface area (Å²) in [5, 5.41) is 0.564. The van der Waals surface area contributed by atoms with Gasteiger partial charge in [0.1, 0.15) is 5.82 Å². The van der Waals surface area contributed by atoms with Crippen molar-refractivity contribution in [2.24, 2.45) is 0 Å². The van der Waals surface area contributed by atoms with Crippen molar-refractivity contribution in [2.75, 3.05) is 12.8 Å². The van der Waals surface area contributed by atoms with Crippen LogP contribution in [0.3, 0.4) is 0 Å². The zero-order chi connectivity index (χ0) is 16.6. The van der Waals surface area contributed by atoms with Gasteiger partial charge >= 0.3 is 0 Å². The van der Waals surface area contributed by atoms with E-state index in [2.05, 4.69) is 9.97 Å². The number of thioether (sulfide) groups is 1. The molecule has 0 aliphatic carbocycles. The van der Waals surface area contributed by atoms with Crippen LogP contribution in [0, 0.1) is 17.5 Å². The summed E-state index contributed by atoms with van der Waals surface area (Å²) >= 11 is 1.36. The molecule has 3 rings (SSSR count). The summed E-state index contributed by atoms with van der Waals surface area (Å²) in [4.78, 5) is 21.0. The van der Waals surface area contributed by atoms with Crippen molar-refractivity contribution in [1.82, 2.24) is 14.9 Å². The molecule has 0 amide bonds. The van der Waals surface area contributed by atoms with Gasteiger partial charge in [-0.1, -0.05) is 11.8 Å². The Morgan fingerprint density at radius 3 is 2.74 bits per heavy atom. The first-order valence-electron chi connectivity index (χ1n) is 6.99. The smallest absolute Gasteiger partial charge is 0.256 e. The lowest BCUT2D eigenvalue weighted by molar-refractivity contribution is 0.237. The molecule has 2 aromatic rings. The number of benzene rings is 1. The third-order valence-corrected chi connectivity index (χ3v) is 4.38. The highest BCUT2D eigenvalue weighted by molar-refractivity contribution is 7.98. The second kappa shape index (κ2) is 6.37. The van der Waals surface area contributed by atoms with Crippen molar-refractivity contribution < 1.29 is 13.2 Å². The summed E-state index contributed by atoms with van der Waals surface area (Å²) in [5.41, 5.74) is 1.13. The van der Waals surface area contributed by atoms with Gasteiger partial charge in [-0.05, 0) is 12.3 Å². The fourth-order valence-corrected chi connectivity index (χ4v) is 3.01. The van der Waals surface area contributed by atoms with Gasteiger partial charge in [-0.25, -0.2) is 18.2 Å². The SMILES string of the molecule is CSc1nc2c(c(=O)[nH]1)CN(Cc1cc(F)c(F)cc1F)CC2. The van der Waals surface area contributed by atoms with Gasteiger partial charge in [0, 0.05) is 37.7 Å². The first-order chi connectivity index (χ1) is 11.0. The third-order valence-electron chi connectivity index (χ3n) is 3.80. The average Bonchev–Trinajstić information content (AvgIpc) is 2.53. The van der Waals surface area contributed by atoms with Crippen LogP contribution in [0.5, 0.6) is 0 Å². The molecule has 0 atom stereocenters. The van der Waals surface area contributed by atoms with Gasteiger partial charge in [0.15, 0.2) is 16.8 Å². The van der Waals surface area contributed by atoms with Gasteiger partial charge in [0.2, 0.25) is 0 Å². The molecule has 0 saturated heterocycles. The first-order valence-corrected chi connectivity index (χ1v) is 8.22. The van der Waals surface area contributed by atoms with Crippen molar-refractivity contribution in [2.45, 2.75) is 24.7 Å². The van der Waals surface area contributed by atoms with Crippen molar-refractivity contribution in [3.05, 3.63) is 56.8 Å². The van der Waals surface area contributed by atoms with E-state index in [9.17, 15) is 18.0 Å². The molecule has 1 aromatic heterocycles. The van der Waals surface area contributed by atoms with Crippen LogP contribution in [-0.4, -0.2) is 27.7 Å². The number of fused-ring (bicyclic) bond motifs is 1. The third kappa shape index (κ3) is 3.28. The quantitative estimate of drug-likeness (QED) is 0.529. The Kier molecular flexibility index (Phi) is 4.45. The normalized spacial score (nSPS) is 14.8. The fourth-order valence-electron chi connectivity index (χ4n) is 2.62. The number of hydrogen-bond donors (Lipinski definition) is 1. The van der Waals surface area contributed by atoms with Crippen LogP contribution in [0.1, 0.15) is 16.8 Å². The second-order valence-corrected chi connectivity index (χ2v) is 6.11. The highest BCUT2D eigenvalue weighted by Crippen LogP contribution is 2.20. The highest BCUT2D eigenvalue weighted by atomic mass is 32.2. The van der Waals surface area contributed by atoms with E-state index in [1.54, 1.807) is 0 Å². The van der Waals surface area contributed by atoms with Crippen LogP contribution < -0.4 is 5.56 Å². The van der Waals surface area contributed by atoms with Crippen molar-refractivity contribution in [3.63, 3.8) is 0 Å². The number of halogens is 3. The highest BCUT2D eigenvalue weighted by Gasteiger charge is 2.22. The van der Waals surface area contributed by atoms with Gasteiger partial charge in [0.05, 0.1) is 11.3 Å². The van der Waals surface area contributed by atoms with Gasteiger partial charge in [-0.3, -0.25) is 9.69 Å². The summed E-state index contributed by atoms with van der Waals surface area (Å²) < 4.78 is 40.0. The Balaban J connectivity index is 1.83. The van der Waals surface area contributed by atoms with Crippen LogP contribution >= 0.6 is 11.8 Å². The van der Waals surface area contributed by atoms with Crippen LogP contribution in [0.15, 0.2) is 22.1 Å². The number of nitrogens with one attached hydrogen (secondary N) is 1. The van der Waals surface area contributed by atoms with E-state index in [0.717, 1.165) is 11.8 Å². The van der Waals surface area contributed by atoms with E-state index in [0.29, 0.717) is 36.3 Å². The summed E-state index contributed by atoms with van der Waals surface area (Å²) in [5.74, 6) is -3.08. The molecular formula is C15H14F3N3OS. The number of hydrogen-bond acceptors (Lipinski definition) is 4. The molecule has 23 heavy (non-hydrogen) atoms. The largest absolute Gasteiger partial charge is 0.301 e. The lowest BCUT2D eigenvalue weighted by atomic mass is 10.1. The Morgan fingerprint density at radius 1 is 1.26 bits per heavy atom. The molecule has 1 aliphatic rings. The number of rotatable bonds is 3. The van der Waals surface area contributed by atoms with E-state index in [1.165, 1.54) is 11.8 Å². The predicted molar refractivity (Wildman–Crippen MR) is 80.8 cm³/mol. The molecule has 2 heterocycles. The van der Waals surface area contributed by atoms with E-state index in [1.807, 2.05) is 11.2 Å². The lowest BCUT2D eigenvalue weighted by Gasteiger charge is -2.27. The lowest BCUT2D eigenvalue weighted by Crippen LogP contribution is -2.35. The fraction of sp³-hybridized carbons (Fsp3) is 0.333. The summed E-state index contributed by atoms with van der Waals surface area (Å²) in [6.45, 7) is 0.965. The Labute approximate surface area is 134 Å². The minimum Gasteiger partial charge on any atom is -0.301 e. The minimum absolute atomic E-state index is 0.0671. The van der Waals surface area contributed by atoms with Crippen LogP contribution in [0.25, 0.3) is 0 Å². The molecule has 4 nitrogen and oxygen atoms in total. The van der Waals surface area contributed by atoms with Crippen molar-refractivity contribution in [1.29, 1.82) is 0 Å². The van der Waals surface area contributed by atoms with Crippen LogP contribution in [0.2, 0.25) is 0 Å². The number of aromatic amines is 1. The molecule has 8 heteroatoms. The van der Waals surface area contributed by atoms with Crippen molar-refractivity contribution >= 4 is 11.8 Å². The molecule has 0 unspecified atom stereocenters. The van der Waals surface area contributed by atoms with E-state index in [-0.39, 0.29) is 17.7 Å². The zero-order valence-corrected chi connectivity index (χ0v) is 13.1. The average molecular weight is 341 g/mol. The second-order valence-electron chi connectivity index (χ2n) is 5.32. The number of aromatic nitrogens is 2. The molecule has 1 aromatic carbocycles. The number of H-pyrrole nitrogens is 1. The molecule has 1 N–H and O–H groups in total. The predicted octanol–water partition coefficient (Wildman–Crippen LogP) is 2.47. The van der Waals surface area contributed by atoms with Crippen molar-refractivity contribution in [3.8, 4) is 0 Å². The molecule has 122 valence electrons. The summed E-state index contributed by atoms with van der Waals surface area (Å²) in [6.07, 6.45) is 2.38. The van der Waals surface area contributed by atoms with Gasteiger partial charge in [-0.2, -0.15) is 0 Å². The Morgan fingerprint density at radius 2 is 2.00 bits per heavy atom. The van der Waals surface area contributed by atoms with Gasteiger partial charge < -0.3 is 4.98 Å². The van der Waals surface area contributed by atoms with Crippen LogP contribution in [-0.2, 0) is 19.5 Å². The number of nitrogens with zero attached hydrogens (tertiary/aromatic N) is 2. The first kappa shape index (κ1) is 16.1. The molecule has 0 radical (unpaired) electrons. The maximum absolute atomic E-state index is 13.7. The molecule has 0 bridgehead atoms.